The minimum atomic E-state index is -0.783. The number of methoxy groups -OCH3 is 2. The lowest BCUT2D eigenvalue weighted by Crippen LogP contribution is -2.33. The summed E-state index contributed by atoms with van der Waals surface area (Å²) >= 11 is 0. The van der Waals surface area contributed by atoms with Gasteiger partial charge in [-0.05, 0) is 53.9 Å². The maximum absolute atomic E-state index is 13.9. The third kappa shape index (κ3) is 4.81. The van der Waals surface area contributed by atoms with Crippen molar-refractivity contribution in [2.24, 2.45) is 0 Å². The highest BCUT2D eigenvalue weighted by atomic mass is 16.5. The quantitative estimate of drug-likeness (QED) is 0.295. The molecular weight excluding hydrogens is 496 g/mol. The van der Waals surface area contributed by atoms with Crippen LogP contribution in [0.4, 0.5) is 5.69 Å². The zero-order valence-electron chi connectivity index (χ0n) is 22.3. The lowest BCUT2D eigenvalue weighted by Gasteiger charge is -2.27. The monoisotopic (exact) mass is 526 g/mol. The van der Waals surface area contributed by atoms with E-state index in [4.69, 9.17) is 13.9 Å². The third-order valence-electron chi connectivity index (χ3n) is 7.03. The summed E-state index contributed by atoms with van der Waals surface area (Å²) in [5, 5.41) is 11.7. The largest absolute Gasteiger partial charge is 0.503 e. The molecular formula is C31H30N2O6. The predicted octanol–water partition coefficient (Wildman–Crippen LogP) is 5.34. The number of amides is 1. The van der Waals surface area contributed by atoms with Crippen LogP contribution in [0.3, 0.4) is 0 Å². The molecule has 1 aliphatic heterocycles. The fourth-order valence-corrected chi connectivity index (χ4v) is 4.90. The number of benzene rings is 3. The highest BCUT2D eigenvalue weighted by Crippen LogP contribution is 2.40. The second-order valence-corrected chi connectivity index (χ2v) is 9.57. The fourth-order valence-electron chi connectivity index (χ4n) is 4.90. The molecule has 3 aromatic carbocycles. The number of aliphatic hydroxyl groups is 1. The number of ether oxygens (including phenoxy) is 2. The highest BCUT2D eigenvalue weighted by molar-refractivity contribution is 6.16. The summed E-state index contributed by atoms with van der Waals surface area (Å²) in [4.78, 5) is 30.8. The summed E-state index contributed by atoms with van der Waals surface area (Å²) in [5.41, 5.74) is 3.10. The summed E-state index contributed by atoms with van der Waals surface area (Å²) in [5.74, 6) is -0.455. The normalized spacial score (nSPS) is 15.2. The van der Waals surface area contributed by atoms with Crippen LogP contribution in [0.1, 0.15) is 27.7 Å². The number of fused-ring (bicyclic) bond motifs is 1. The van der Waals surface area contributed by atoms with Gasteiger partial charge in [0.15, 0.2) is 22.9 Å². The van der Waals surface area contributed by atoms with Gasteiger partial charge >= 0.3 is 0 Å². The molecule has 0 saturated carbocycles. The van der Waals surface area contributed by atoms with E-state index >= 15 is 0 Å². The first-order chi connectivity index (χ1) is 18.8. The zero-order chi connectivity index (χ0) is 27.7. The van der Waals surface area contributed by atoms with Crippen molar-refractivity contribution in [2.45, 2.75) is 12.5 Å². The van der Waals surface area contributed by atoms with E-state index in [1.165, 1.54) is 7.11 Å². The standard InChI is InChI=1S/C31H30N2O6/c1-32(2)22-12-10-20(11-13-22)27-26(28(34)25-18-21-6-5-7-24(38-4)30(21)39-25)29(35)31(36)33(27)17-16-19-8-14-23(37-3)15-9-19/h5-15,18,27,35H,16-17H2,1-4H3. The molecule has 2 heterocycles. The lowest BCUT2D eigenvalue weighted by molar-refractivity contribution is -0.129. The summed E-state index contributed by atoms with van der Waals surface area (Å²) in [6.45, 7) is 0.292. The summed E-state index contributed by atoms with van der Waals surface area (Å²) in [6, 6.07) is 21.4. The number of furan rings is 1. The zero-order valence-corrected chi connectivity index (χ0v) is 22.3. The molecule has 8 nitrogen and oxygen atoms in total. The van der Waals surface area contributed by atoms with Crippen molar-refractivity contribution in [3.8, 4) is 11.5 Å². The SMILES string of the molecule is COc1ccc(CCN2C(=O)C(O)=C(C(=O)c3cc4cccc(OC)c4o3)C2c2ccc(N(C)C)cc2)cc1. The number of hydrogen-bond acceptors (Lipinski definition) is 7. The first kappa shape index (κ1) is 25.9. The first-order valence-corrected chi connectivity index (χ1v) is 12.6. The van der Waals surface area contributed by atoms with Crippen LogP contribution in [0.25, 0.3) is 11.0 Å². The number of hydrogen-bond donors (Lipinski definition) is 1. The van der Waals surface area contributed by atoms with Gasteiger partial charge in [-0.3, -0.25) is 9.59 Å². The first-order valence-electron chi connectivity index (χ1n) is 12.6. The Balaban J connectivity index is 1.53. The molecule has 0 saturated heterocycles. The van der Waals surface area contributed by atoms with Gasteiger partial charge in [0.25, 0.3) is 5.91 Å². The van der Waals surface area contributed by atoms with E-state index in [-0.39, 0.29) is 11.3 Å². The highest BCUT2D eigenvalue weighted by Gasteiger charge is 2.44. The van der Waals surface area contributed by atoms with Gasteiger partial charge in [0, 0.05) is 31.7 Å². The Bertz CT molecular complexity index is 1550. The maximum atomic E-state index is 13.9. The molecule has 1 unspecified atom stereocenters. The van der Waals surface area contributed by atoms with Crippen molar-refractivity contribution >= 4 is 28.3 Å². The second kappa shape index (κ2) is 10.6. The van der Waals surface area contributed by atoms with E-state index in [0.29, 0.717) is 35.2 Å². The van der Waals surface area contributed by atoms with Crippen LogP contribution in [0.15, 0.2) is 88.5 Å². The molecule has 1 atom stereocenters. The topological polar surface area (TPSA) is 92.5 Å². The lowest BCUT2D eigenvalue weighted by atomic mass is 9.94. The van der Waals surface area contributed by atoms with Crippen molar-refractivity contribution in [3.63, 3.8) is 0 Å². The molecule has 1 N–H and O–H groups in total. The number of Topliss-reactive ketones (excluding diaryl/α,β-unsaturated/α-hetero) is 1. The maximum Gasteiger partial charge on any atom is 0.290 e. The van der Waals surface area contributed by atoms with Crippen molar-refractivity contribution in [2.75, 3.05) is 39.8 Å². The van der Waals surface area contributed by atoms with Gasteiger partial charge in [-0.15, -0.1) is 0 Å². The number of rotatable bonds is 9. The number of nitrogens with zero attached hydrogens (tertiary/aromatic N) is 2. The third-order valence-corrected chi connectivity index (χ3v) is 7.03. The predicted molar refractivity (Wildman–Crippen MR) is 149 cm³/mol. The van der Waals surface area contributed by atoms with Crippen LogP contribution in [-0.4, -0.2) is 56.6 Å². The van der Waals surface area contributed by atoms with Crippen LogP contribution in [0.2, 0.25) is 0 Å². The molecule has 4 aromatic rings. The van der Waals surface area contributed by atoms with Crippen molar-refractivity contribution < 1.29 is 28.6 Å². The Morgan fingerprint density at radius 2 is 1.72 bits per heavy atom. The summed E-state index contributed by atoms with van der Waals surface area (Å²) in [7, 11) is 7.00. The Hall–Kier alpha value is -4.72. The molecule has 0 bridgehead atoms. The number of anilines is 1. The van der Waals surface area contributed by atoms with Crippen LogP contribution in [0.5, 0.6) is 11.5 Å². The van der Waals surface area contributed by atoms with E-state index < -0.39 is 23.5 Å². The van der Waals surface area contributed by atoms with Gasteiger partial charge in [-0.2, -0.15) is 0 Å². The van der Waals surface area contributed by atoms with Crippen molar-refractivity contribution in [1.82, 2.24) is 4.90 Å². The minimum absolute atomic E-state index is 0.00893. The molecule has 0 fully saturated rings. The van der Waals surface area contributed by atoms with Gasteiger partial charge in [-0.1, -0.05) is 36.4 Å². The van der Waals surface area contributed by atoms with E-state index in [2.05, 4.69) is 0 Å². The Labute approximate surface area is 226 Å². The fraction of sp³-hybridized carbons (Fsp3) is 0.226. The molecule has 1 aliphatic rings. The van der Waals surface area contributed by atoms with Crippen LogP contribution >= 0.6 is 0 Å². The summed E-state index contributed by atoms with van der Waals surface area (Å²) in [6.07, 6.45) is 0.526. The molecule has 39 heavy (non-hydrogen) atoms. The average Bonchev–Trinajstić information content (AvgIpc) is 3.51. The Morgan fingerprint density at radius 1 is 1.00 bits per heavy atom. The average molecular weight is 527 g/mol. The van der Waals surface area contributed by atoms with Gasteiger partial charge in [0.05, 0.1) is 25.8 Å². The molecule has 8 heteroatoms. The Kier molecular flexibility index (Phi) is 7.02. The molecule has 0 spiro atoms. The van der Waals surface area contributed by atoms with E-state index in [1.54, 1.807) is 30.2 Å². The number of para-hydroxylation sites is 1. The van der Waals surface area contributed by atoms with Crippen molar-refractivity contribution in [3.05, 3.63) is 101 Å². The van der Waals surface area contributed by atoms with Gasteiger partial charge in [0.2, 0.25) is 5.78 Å². The number of carbonyl (C=O) groups is 2. The number of ketones is 1. The molecule has 0 radical (unpaired) electrons. The van der Waals surface area contributed by atoms with Gasteiger partial charge < -0.3 is 28.8 Å². The number of aliphatic hydroxyl groups excluding tert-OH is 1. The number of carbonyl (C=O) groups excluding carboxylic acids is 2. The second-order valence-electron chi connectivity index (χ2n) is 9.57. The molecule has 1 amide bonds. The molecule has 200 valence electrons. The molecule has 1 aromatic heterocycles. The van der Waals surface area contributed by atoms with Crippen LogP contribution < -0.4 is 14.4 Å². The van der Waals surface area contributed by atoms with Gasteiger partial charge in [-0.25, -0.2) is 0 Å². The van der Waals surface area contributed by atoms with Gasteiger partial charge in [0.1, 0.15) is 5.75 Å². The van der Waals surface area contributed by atoms with Crippen LogP contribution in [-0.2, 0) is 11.2 Å². The van der Waals surface area contributed by atoms with E-state index in [9.17, 15) is 14.7 Å². The summed E-state index contributed by atoms with van der Waals surface area (Å²) < 4.78 is 16.5. The van der Waals surface area contributed by atoms with E-state index in [0.717, 1.165) is 17.0 Å². The Morgan fingerprint density at radius 3 is 2.36 bits per heavy atom. The smallest absolute Gasteiger partial charge is 0.290 e. The van der Waals surface area contributed by atoms with Crippen molar-refractivity contribution in [1.29, 1.82) is 0 Å². The molecule has 0 aliphatic carbocycles. The van der Waals surface area contributed by atoms with E-state index in [1.807, 2.05) is 73.6 Å². The molecule has 5 rings (SSSR count). The van der Waals surface area contributed by atoms with Crippen LogP contribution in [0, 0.1) is 0 Å². The minimum Gasteiger partial charge on any atom is -0.503 e.